The highest BCUT2D eigenvalue weighted by atomic mass is 15.2. The summed E-state index contributed by atoms with van der Waals surface area (Å²) in [6.07, 6.45) is -0.280. The van der Waals surface area contributed by atoms with Gasteiger partial charge in [0, 0.05) is 11.1 Å². The molecule has 2 aliphatic rings. The van der Waals surface area contributed by atoms with E-state index in [9.17, 15) is 0 Å². The van der Waals surface area contributed by atoms with Crippen LogP contribution in [0.4, 0.5) is 0 Å². The van der Waals surface area contributed by atoms with Crippen molar-refractivity contribution in [2.24, 2.45) is 9.98 Å². The molecule has 0 fully saturated rings. The third-order valence-corrected chi connectivity index (χ3v) is 12.0. The van der Waals surface area contributed by atoms with Crippen LogP contribution >= 0.6 is 0 Å². The highest BCUT2D eigenvalue weighted by Crippen LogP contribution is 2.59. The minimum atomic E-state index is -0.488. The van der Waals surface area contributed by atoms with Gasteiger partial charge in [-0.05, 0) is 78.0 Å². The molecule has 3 heteroatoms. The van der Waals surface area contributed by atoms with Crippen molar-refractivity contribution in [2.45, 2.75) is 11.6 Å². The van der Waals surface area contributed by atoms with Crippen LogP contribution in [0.25, 0.3) is 44.2 Å². The van der Waals surface area contributed by atoms with Crippen LogP contribution in [0.2, 0.25) is 0 Å². The summed E-state index contributed by atoms with van der Waals surface area (Å²) in [4.78, 5) is 10.4. The summed E-state index contributed by atoms with van der Waals surface area (Å²) in [6.45, 7) is 0. The number of nitrogens with zero attached hydrogens (tertiary/aromatic N) is 2. The fourth-order valence-corrected chi connectivity index (χ4v) is 9.47. The second-order valence-electron chi connectivity index (χ2n) is 15.3. The molecule has 1 atom stereocenters. The van der Waals surface area contributed by atoms with Crippen LogP contribution in [-0.2, 0) is 5.41 Å². The summed E-state index contributed by atoms with van der Waals surface area (Å²) in [6, 6.07) is 80.8. The molecule has 9 aromatic carbocycles. The number of fused-ring (bicyclic) bond motifs is 4. The Hall–Kier alpha value is -7.62. The predicted molar refractivity (Wildman–Crippen MR) is 244 cm³/mol. The van der Waals surface area contributed by atoms with Gasteiger partial charge in [0.2, 0.25) is 0 Å². The van der Waals surface area contributed by atoms with Gasteiger partial charge < -0.3 is 5.32 Å². The monoisotopic (exact) mass is 753 g/mol. The zero-order valence-electron chi connectivity index (χ0n) is 32.3. The Labute approximate surface area is 344 Å². The maximum atomic E-state index is 5.24. The molecule has 3 nitrogen and oxygen atoms in total. The van der Waals surface area contributed by atoms with Gasteiger partial charge in [-0.3, -0.25) is 0 Å². The average Bonchev–Trinajstić information content (AvgIpc) is 3.63. The normalized spacial score (nSPS) is 15.1. The van der Waals surface area contributed by atoms with E-state index in [0.29, 0.717) is 5.84 Å². The van der Waals surface area contributed by atoms with Crippen molar-refractivity contribution < 1.29 is 0 Å². The number of hydrogen-bond donors (Lipinski definition) is 1. The van der Waals surface area contributed by atoms with Crippen LogP contribution in [0.3, 0.4) is 0 Å². The van der Waals surface area contributed by atoms with E-state index in [2.05, 4.69) is 206 Å². The highest BCUT2D eigenvalue weighted by molar-refractivity contribution is 6.14. The SMILES string of the molecule is c1ccc(C2=NC(c3cccc(-c4c(-c5cccc6c5-c5ccccc5C6(c5ccccc5)c5ccccc5)ccc5ccccc45)c3)=NC(c3ccccc3)N2)cc1. The van der Waals surface area contributed by atoms with E-state index >= 15 is 0 Å². The van der Waals surface area contributed by atoms with Crippen LogP contribution in [0, 0.1) is 0 Å². The molecule has 0 saturated carbocycles. The third-order valence-electron chi connectivity index (χ3n) is 12.0. The summed E-state index contributed by atoms with van der Waals surface area (Å²) in [5.41, 5.74) is 14.9. The van der Waals surface area contributed by atoms with Crippen molar-refractivity contribution >= 4 is 22.4 Å². The van der Waals surface area contributed by atoms with E-state index in [1.807, 2.05) is 24.3 Å². The Bertz CT molecular complexity index is 3020. The number of hydrogen-bond acceptors (Lipinski definition) is 3. The molecule has 0 radical (unpaired) electrons. The summed E-state index contributed by atoms with van der Waals surface area (Å²) < 4.78 is 0. The van der Waals surface area contributed by atoms with Crippen molar-refractivity contribution in [3.8, 4) is 33.4 Å². The van der Waals surface area contributed by atoms with E-state index in [-0.39, 0.29) is 6.17 Å². The molecule has 1 aliphatic heterocycles. The molecular weight excluding hydrogens is 715 g/mol. The second-order valence-corrected chi connectivity index (χ2v) is 15.3. The smallest absolute Gasteiger partial charge is 0.159 e. The first-order valence-electron chi connectivity index (χ1n) is 20.3. The predicted octanol–water partition coefficient (Wildman–Crippen LogP) is 13.0. The summed E-state index contributed by atoms with van der Waals surface area (Å²) >= 11 is 0. The number of benzene rings is 9. The van der Waals surface area contributed by atoms with Gasteiger partial charge in [-0.15, -0.1) is 0 Å². The van der Waals surface area contributed by atoms with E-state index in [4.69, 9.17) is 9.98 Å². The van der Waals surface area contributed by atoms with Crippen LogP contribution < -0.4 is 5.32 Å². The minimum absolute atomic E-state index is 0.280. The van der Waals surface area contributed by atoms with Crippen molar-refractivity contribution in [3.05, 3.63) is 263 Å². The molecule has 11 rings (SSSR count). The Morgan fingerprint density at radius 1 is 0.407 bits per heavy atom. The summed E-state index contributed by atoms with van der Waals surface area (Å²) in [5, 5.41) is 6.01. The van der Waals surface area contributed by atoms with Gasteiger partial charge in [-0.1, -0.05) is 218 Å². The van der Waals surface area contributed by atoms with Gasteiger partial charge in [0.1, 0.15) is 12.0 Å². The van der Waals surface area contributed by atoms with E-state index < -0.39 is 5.41 Å². The van der Waals surface area contributed by atoms with Crippen LogP contribution in [-0.4, -0.2) is 11.7 Å². The van der Waals surface area contributed by atoms with Crippen LogP contribution in [0.1, 0.15) is 45.1 Å². The molecule has 9 aromatic rings. The molecule has 1 aliphatic carbocycles. The molecule has 0 aromatic heterocycles. The van der Waals surface area contributed by atoms with Crippen molar-refractivity contribution in [1.29, 1.82) is 0 Å². The average molecular weight is 754 g/mol. The Kier molecular flexibility index (Phi) is 8.45. The van der Waals surface area contributed by atoms with Crippen LogP contribution in [0.5, 0.6) is 0 Å². The maximum absolute atomic E-state index is 5.24. The number of rotatable bonds is 7. The molecule has 0 spiro atoms. The number of aliphatic imine (C=N–C) groups is 2. The van der Waals surface area contributed by atoms with Gasteiger partial charge in [0.05, 0.1) is 5.41 Å². The quantitative estimate of drug-likeness (QED) is 0.173. The topological polar surface area (TPSA) is 36.8 Å². The lowest BCUT2D eigenvalue weighted by Crippen LogP contribution is -2.33. The largest absolute Gasteiger partial charge is 0.344 e. The Morgan fingerprint density at radius 3 is 1.73 bits per heavy atom. The molecular formula is C56H39N3. The van der Waals surface area contributed by atoms with Crippen LogP contribution in [0.15, 0.2) is 234 Å². The van der Waals surface area contributed by atoms with Crippen molar-refractivity contribution in [3.63, 3.8) is 0 Å². The number of nitrogens with one attached hydrogen (secondary N) is 1. The first kappa shape index (κ1) is 34.6. The first-order valence-corrected chi connectivity index (χ1v) is 20.3. The number of amidine groups is 2. The molecule has 278 valence electrons. The molecule has 59 heavy (non-hydrogen) atoms. The first-order chi connectivity index (χ1) is 29.3. The van der Waals surface area contributed by atoms with E-state index in [1.54, 1.807) is 0 Å². The minimum Gasteiger partial charge on any atom is -0.344 e. The van der Waals surface area contributed by atoms with Gasteiger partial charge >= 0.3 is 0 Å². The fraction of sp³-hybridized carbons (Fsp3) is 0.0357. The van der Waals surface area contributed by atoms with Crippen molar-refractivity contribution in [1.82, 2.24) is 5.32 Å². The van der Waals surface area contributed by atoms with Gasteiger partial charge in [0.25, 0.3) is 0 Å². The maximum Gasteiger partial charge on any atom is 0.159 e. The highest BCUT2D eigenvalue weighted by Gasteiger charge is 2.46. The van der Waals surface area contributed by atoms with E-state index in [0.717, 1.165) is 28.1 Å². The van der Waals surface area contributed by atoms with E-state index in [1.165, 1.54) is 60.8 Å². The Morgan fingerprint density at radius 2 is 0.966 bits per heavy atom. The zero-order chi connectivity index (χ0) is 39.2. The summed E-state index contributed by atoms with van der Waals surface area (Å²) in [5.74, 6) is 1.50. The lowest BCUT2D eigenvalue weighted by Gasteiger charge is -2.34. The second kappa shape index (κ2) is 14.4. The standard InChI is InChI=1S/C56H39N3/c1-5-20-39(21-6-1)53-57-54(40-22-7-2-8-23-40)59-55(58-53)42-25-17-24-41(37-42)51-45-30-14-13-19-38(45)35-36-47(51)46-32-18-34-50-52(46)48-31-15-16-33-49(48)56(50,43-26-9-3-10-27-43)44-28-11-4-12-29-44/h1-37,53H,(H,57,58,59). The Balaban J connectivity index is 1.14. The molecule has 1 N–H and O–H groups in total. The molecule has 1 unspecified atom stereocenters. The van der Waals surface area contributed by atoms with Crippen molar-refractivity contribution in [2.75, 3.05) is 0 Å². The van der Waals surface area contributed by atoms with Gasteiger partial charge in [0.15, 0.2) is 5.84 Å². The fourth-order valence-electron chi connectivity index (χ4n) is 9.47. The molecule has 1 heterocycles. The third kappa shape index (κ3) is 5.74. The lowest BCUT2D eigenvalue weighted by molar-refractivity contribution is 0.674. The lowest BCUT2D eigenvalue weighted by atomic mass is 9.67. The van der Waals surface area contributed by atoms with Gasteiger partial charge in [-0.25, -0.2) is 9.98 Å². The van der Waals surface area contributed by atoms with Gasteiger partial charge in [-0.2, -0.15) is 0 Å². The summed E-state index contributed by atoms with van der Waals surface area (Å²) in [7, 11) is 0. The molecule has 0 saturated heterocycles. The molecule has 0 bridgehead atoms. The molecule has 0 amide bonds. The zero-order valence-corrected chi connectivity index (χ0v) is 32.3.